The van der Waals surface area contributed by atoms with E-state index in [0.717, 1.165) is 24.1 Å². The van der Waals surface area contributed by atoms with Crippen molar-refractivity contribution in [3.05, 3.63) is 59.1 Å². The van der Waals surface area contributed by atoms with Gasteiger partial charge in [-0.3, -0.25) is 9.59 Å². The van der Waals surface area contributed by atoms with Gasteiger partial charge in [0.1, 0.15) is 0 Å². The summed E-state index contributed by atoms with van der Waals surface area (Å²) in [5, 5.41) is 3.35. The van der Waals surface area contributed by atoms with Crippen LogP contribution in [0.3, 0.4) is 0 Å². The monoisotopic (exact) mass is 442 g/mol. The molecule has 1 aliphatic heterocycles. The van der Waals surface area contributed by atoms with E-state index in [1.807, 2.05) is 37.3 Å². The van der Waals surface area contributed by atoms with E-state index in [2.05, 4.69) is 5.32 Å². The zero-order chi connectivity index (χ0) is 22.2. The Balaban J connectivity index is 1.64. The lowest BCUT2D eigenvalue weighted by atomic mass is 9.97. The lowest BCUT2D eigenvalue weighted by molar-refractivity contribution is -0.130. The lowest BCUT2D eigenvalue weighted by Crippen LogP contribution is -2.43. The highest BCUT2D eigenvalue weighted by molar-refractivity contribution is 6.32. The maximum Gasteiger partial charge on any atom is 0.246 e. The van der Waals surface area contributed by atoms with Crippen LogP contribution >= 0.6 is 11.6 Å². The number of benzene rings is 2. The summed E-state index contributed by atoms with van der Waals surface area (Å²) in [4.78, 5) is 27.0. The van der Waals surface area contributed by atoms with E-state index in [9.17, 15) is 9.59 Å². The van der Waals surface area contributed by atoms with Crippen LogP contribution in [0.2, 0.25) is 5.02 Å². The van der Waals surface area contributed by atoms with Gasteiger partial charge in [-0.1, -0.05) is 29.8 Å². The molecule has 1 N–H and O–H groups in total. The van der Waals surface area contributed by atoms with E-state index in [1.165, 1.54) is 6.08 Å². The van der Waals surface area contributed by atoms with Gasteiger partial charge in [-0.05, 0) is 55.7 Å². The summed E-state index contributed by atoms with van der Waals surface area (Å²) in [7, 11) is 1.54. The number of amides is 2. The topological polar surface area (TPSA) is 67.9 Å². The second-order valence-corrected chi connectivity index (χ2v) is 7.69. The minimum absolute atomic E-state index is 0.0595. The molecule has 0 aliphatic carbocycles. The van der Waals surface area contributed by atoms with Crippen molar-refractivity contribution in [2.24, 2.45) is 5.92 Å². The van der Waals surface area contributed by atoms with E-state index < -0.39 is 0 Å². The number of hydrogen-bond acceptors (Lipinski definition) is 4. The number of likely N-dealkylation sites (tertiary alicyclic amines) is 1. The summed E-state index contributed by atoms with van der Waals surface area (Å²) < 4.78 is 10.9. The molecule has 0 saturated carbocycles. The molecule has 1 heterocycles. The standard InChI is InChI=1S/C24H27ClN2O4/c1-3-31-23-20(25)14-17(15-21(23)30-2)11-12-22(28)27-13-7-8-18(16-27)24(29)26-19-9-5-4-6-10-19/h4-6,9-12,14-15,18H,3,7-8,13,16H2,1-2H3,(H,26,29)/b12-11+. The largest absolute Gasteiger partial charge is 0.493 e. The average Bonchev–Trinajstić information content (AvgIpc) is 2.79. The Morgan fingerprint density at radius 2 is 2.03 bits per heavy atom. The molecular weight excluding hydrogens is 416 g/mol. The van der Waals surface area contributed by atoms with Crippen molar-refractivity contribution < 1.29 is 19.1 Å². The van der Waals surface area contributed by atoms with Crippen LogP contribution in [0.25, 0.3) is 6.08 Å². The third-order valence-electron chi connectivity index (χ3n) is 5.10. The van der Waals surface area contributed by atoms with Crippen LogP contribution in [0, 0.1) is 5.92 Å². The number of para-hydroxylation sites is 1. The van der Waals surface area contributed by atoms with E-state index in [4.69, 9.17) is 21.1 Å². The van der Waals surface area contributed by atoms with Gasteiger partial charge in [0, 0.05) is 24.9 Å². The van der Waals surface area contributed by atoms with E-state index >= 15 is 0 Å². The summed E-state index contributed by atoms with van der Waals surface area (Å²) in [6.07, 6.45) is 4.75. The molecule has 1 atom stereocenters. The number of ether oxygens (including phenoxy) is 2. The second-order valence-electron chi connectivity index (χ2n) is 7.28. The van der Waals surface area contributed by atoms with Crippen molar-refractivity contribution in [3.8, 4) is 11.5 Å². The number of nitrogens with zero attached hydrogens (tertiary/aromatic N) is 1. The molecule has 1 unspecified atom stereocenters. The van der Waals surface area contributed by atoms with Gasteiger partial charge >= 0.3 is 0 Å². The van der Waals surface area contributed by atoms with Gasteiger partial charge in [0.25, 0.3) is 0 Å². The number of carbonyl (C=O) groups is 2. The van der Waals surface area contributed by atoms with Crippen molar-refractivity contribution in [2.75, 3.05) is 32.1 Å². The zero-order valence-electron chi connectivity index (χ0n) is 17.8. The molecule has 0 bridgehead atoms. The molecule has 31 heavy (non-hydrogen) atoms. The first-order valence-corrected chi connectivity index (χ1v) is 10.7. The molecule has 6 nitrogen and oxygen atoms in total. The summed E-state index contributed by atoms with van der Waals surface area (Å²) in [6.45, 7) is 3.37. The summed E-state index contributed by atoms with van der Waals surface area (Å²) >= 11 is 6.30. The number of hydrogen-bond donors (Lipinski definition) is 1. The molecule has 2 aromatic rings. The number of halogens is 1. The first kappa shape index (κ1) is 22.7. The first-order valence-electron chi connectivity index (χ1n) is 10.3. The van der Waals surface area contributed by atoms with E-state index in [0.29, 0.717) is 36.2 Å². The maximum absolute atomic E-state index is 12.7. The van der Waals surface area contributed by atoms with Crippen LogP contribution in [0.4, 0.5) is 5.69 Å². The fourth-order valence-electron chi connectivity index (χ4n) is 3.55. The highest BCUT2D eigenvalue weighted by atomic mass is 35.5. The van der Waals surface area contributed by atoms with Gasteiger partial charge in [0.15, 0.2) is 11.5 Å². The third-order valence-corrected chi connectivity index (χ3v) is 5.38. The van der Waals surface area contributed by atoms with Gasteiger partial charge in [-0.2, -0.15) is 0 Å². The fourth-order valence-corrected chi connectivity index (χ4v) is 3.82. The number of carbonyl (C=O) groups excluding carboxylic acids is 2. The maximum atomic E-state index is 12.7. The van der Waals surface area contributed by atoms with Crippen LogP contribution in [0.15, 0.2) is 48.5 Å². The number of methoxy groups -OCH3 is 1. The Morgan fingerprint density at radius 3 is 2.74 bits per heavy atom. The van der Waals surface area contributed by atoms with Gasteiger partial charge in [-0.25, -0.2) is 0 Å². The van der Waals surface area contributed by atoms with Gasteiger partial charge < -0.3 is 19.7 Å². The number of piperidine rings is 1. The minimum atomic E-state index is -0.230. The number of rotatable bonds is 7. The molecule has 0 spiro atoms. The van der Waals surface area contributed by atoms with Crippen LogP contribution in [0.1, 0.15) is 25.3 Å². The van der Waals surface area contributed by atoms with Crippen LogP contribution in [-0.2, 0) is 9.59 Å². The number of anilines is 1. The minimum Gasteiger partial charge on any atom is -0.493 e. The van der Waals surface area contributed by atoms with Crippen molar-refractivity contribution in [3.63, 3.8) is 0 Å². The van der Waals surface area contributed by atoms with Gasteiger partial charge in [-0.15, -0.1) is 0 Å². The van der Waals surface area contributed by atoms with Crippen molar-refractivity contribution >= 4 is 35.2 Å². The van der Waals surface area contributed by atoms with Gasteiger partial charge in [0.05, 0.1) is 24.7 Å². The summed E-state index contributed by atoms with van der Waals surface area (Å²) in [5.41, 5.74) is 1.49. The Kier molecular flexibility index (Phi) is 7.95. The Hall–Kier alpha value is -2.99. The second kappa shape index (κ2) is 10.9. The van der Waals surface area contributed by atoms with Gasteiger partial charge in [0.2, 0.25) is 11.8 Å². The molecule has 0 radical (unpaired) electrons. The number of nitrogens with one attached hydrogen (secondary N) is 1. The Bertz CT molecular complexity index is 946. The molecule has 164 valence electrons. The molecule has 0 aromatic heterocycles. The summed E-state index contributed by atoms with van der Waals surface area (Å²) in [5.74, 6) is 0.568. The molecule has 2 aromatic carbocycles. The van der Waals surface area contributed by atoms with Crippen molar-refractivity contribution in [2.45, 2.75) is 19.8 Å². The highest BCUT2D eigenvalue weighted by Gasteiger charge is 2.27. The smallest absolute Gasteiger partial charge is 0.246 e. The molecule has 1 saturated heterocycles. The van der Waals surface area contributed by atoms with Crippen molar-refractivity contribution in [1.82, 2.24) is 4.90 Å². The highest BCUT2D eigenvalue weighted by Crippen LogP contribution is 2.36. The quantitative estimate of drug-likeness (QED) is 0.634. The molecule has 3 rings (SSSR count). The Labute approximate surface area is 187 Å². The molecular formula is C24H27ClN2O4. The predicted octanol–water partition coefficient (Wildman–Crippen LogP) is 4.64. The normalized spacial score (nSPS) is 16.2. The first-order chi connectivity index (χ1) is 15.0. The molecule has 1 aliphatic rings. The molecule has 2 amide bonds. The zero-order valence-corrected chi connectivity index (χ0v) is 18.5. The van der Waals surface area contributed by atoms with Crippen LogP contribution in [0.5, 0.6) is 11.5 Å². The SMILES string of the molecule is CCOc1c(Cl)cc(/C=C/C(=O)N2CCCC(C(=O)Nc3ccccc3)C2)cc1OC. The Morgan fingerprint density at radius 1 is 1.26 bits per heavy atom. The van der Waals surface area contributed by atoms with E-state index in [-0.39, 0.29) is 17.7 Å². The van der Waals surface area contributed by atoms with E-state index in [1.54, 1.807) is 30.2 Å². The predicted molar refractivity (Wildman–Crippen MR) is 123 cm³/mol. The summed E-state index contributed by atoms with van der Waals surface area (Å²) in [6, 6.07) is 12.8. The third kappa shape index (κ3) is 6.01. The lowest BCUT2D eigenvalue weighted by Gasteiger charge is -2.31. The average molecular weight is 443 g/mol. The van der Waals surface area contributed by atoms with Crippen LogP contribution in [-0.4, -0.2) is 43.5 Å². The molecule has 1 fully saturated rings. The van der Waals surface area contributed by atoms with Crippen molar-refractivity contribution in [1.29, 1.82) is 0 Å². The molecule has 7 heteroatoms. The van der Waals surface area contributed by atoms with Crippen LogP contribution < -0.4 is 14.8 Å². The fraction of sp³-hybridized carbons (Fsp3) is 0.333.